The topological polar surface area (TPSA) is 61.2 Å². The molecule has 0 saturated heterocycles. The van der Waals surface area contributed by atoms with E-state index in [1.54, 1.807) is 15.9 Å². The minimum absolute atomic E-state index is 0.0482. The van der Waals surface area contributed by atoms with Crippen LogP contribution in [0.3, 0.4) is 0 Å². The van der Waals surface area contributed by atoms with Gasteiger partial charge < -0.3 is 4.74 Å². The summed E-state index contributed by atoms with van der Waals surface area (Å²) in [4.78, 5) is 31.8. The molecule has 4 rings (SSSR count). The largest absolute Gasteiger partial charge is 0.468 e. The van der Waals surface area contributed by atoms with Gasteiger partial charge >= 0.3 is 5.97 Å². The Morgan fingerprint density at radius 2 is 2.04 bits per heavy atom. The van der Waals surface area contributed by atoms with Crippen molar-refractivity contribution in [3.05, 3.63) is 51.1 Å². The van der Waals surface area contributed by atoms with Gasteiger partial charge in [-0.05, 0) is 43.4 Å². The number of thiophene rings is 1. The Bertz CT molecular complexity index is 1020. The number of aromatic nitrogens is 2. The number of esters is 1. The van der Waals surface area contributed by atoms with Crippen LogP contribution >= 0.6 is 23.1 Å². The van der Waals surface area contributed by atoms with Crippen molar-refractivity contribution in [3.63, 3.8) is 0 Å². The normalized spacial score (nSPS) is 13.6. The Morgan fingerprint density at radius 3 is 2.81 bits per heavy atom. The number of carbonyl (C=O) groups excluding carboxylic acids is 1. The Labute approximate surface area is 159 Å². The number of para-hydroxylation sites is 1. The first-order valence-electron chi connectivity index (χ1n) is 8.51. The molecule has 0 bridgehead atoms. The Balaban J connectivity index is 1.93. The molecular formula is C19H18N2O3S2. The molecule has 1 aliphatic rings. The molecule has 2 heterocycles. The van der Waals surface area contributed by atoms with Crippen molar-refractivity contribution in [2.45, 2.75) is 30.8 Å². The fourth-order valence-corrected chi connectivity index (χ4v) is 5.42. The molecule has 0 atom stereocenters. The molecule has 0 aliphatic heterocycles. The van der Waals surface area contributed by atoms with E-state index in [0.717, 1.165) is 41.6 Å². The third kappa shape index (κ3) is 3.05. The molecule has 134 valence electrons. The maximum absolute atomic E-state index is 13.4. The average molecular weight is 386 g/mol. The molecule has 0 saturated carbocycles. The van der Waals surface area contributed by atoms with Crippen molar-refractivity contribution in [2.75, 3.05) is 12.9 Å². The number of benzene rings is 1. The van der Waals surface area contributed by atoms with Crippen molar-refractivity contribution >= 4 is 39.3 Å². The van der Waals surface area contributed by atoms with E-state index >= 15 is 0 Å². The van der Waals surface area contributed by atoms with Gasteiger partial charge in [0.05, 0.1) is 23.9 Å². The van der Waals surface area contributed by atoms with Gasteiger partial charge in [0, 0.05) is 4.88 Å². The summed E-state index contributed by atoms with van der Waals surface area (Å²) in [5.74, 6) is -0.221. The lowest BCUT2D eigenvalue weighted by Crippen LogP contribution is -2.22. The van der Waals surface area contributed by atoms with E-state index in [9.17, 15) is 9.59 Å². The highest BCUT2D eigenvalue weighted by Gasteiger charge is 2.23. The number of rotatable bonds is 4. The highest BCUT2D eigenvalue weighted by Crippen LogP contribution is 2.35. The number of methoxy groups -OCH3 is 1. The maximum Gasteiger partial charge on any atom is 0.316 e. The van der Waals surface area contributed by atoms with Gasteiger partial charge in [-0.1, -0.05) is 30.0 Å². The van der Waals surface area contributed by atoms with Crippen LogP contribution in [0.5, 0.6) is 0 Å². The number of hydrogen-bond donors (Lipinski definition) is 0. The van der Waals surface area contributed by atoms with Crippen molar-refractivity contribution < 1.29 is 9.53 Å². The predicted molar refractivity (Wildman–Crippen MR) is 105 cm³/mol. The summed E-state index contributed by atoms with van der Waals surface area (Å²) in [5, 5.41) is 1.27. The highest BCUT2D eigenvalue weighted by molar-refractivity contribution is 7.99. The number of carbonyl (C=O) groups is 1. The van der Waals surface area contributed by atoms with Crippen molar-refractivity contribution in [1.29, 1.82) is 0 Å². The second-order valence-electron chi connectivity index (χ2n) is 6.13. The molecule has 0 radical (unpaired) electrons. The first kappa shape index (κ1) is 17.3. The molecule has 7 heteroatoms. The van der Waals surface area contributed by atoms with Crippen molar-refractivity contribution in [3.8, 4) is 5.69 Å². The Kier molecular flexibility index (Phi) is 4.82. The summed E-state index contributed by atoms with van der Waals surface area (Å²) >= 11 is 2.85. The minimum Gasteiger partial charge on any atom is -0.468 e. The molecule has 2 aromatic heterocycles. The zero-order chi connectivity index (χ0) is 18.1. The molecule has 5 nitrogen and oxygen atoms in total. The molecule has 1 aromatic carbocycles. The predicted octanol–water partition coefficient (Wildman–Crippen LogP) is 3.59. The number of thioether (sulfide) groups is 1. The van der Waals surface area contributed by atoms with Crippen LogP contribution in [-0.4, -0.2) is 28.4 Å². The summed E-state index contributed by atoms with van der Waals surface area (Å²) in [7, 11) is 1.36. The van der Waals surface area contributed by atoms with E-state index in [0.29, 0.717) is 5.16 Å². The first-order valence-corrected chi connectivity index (χ1v) is 10.3. The molecule has 0 unspecified atom stereocenters. The third-order valence-electron chi connectivity index (χ3n) is 4.52. The van der Waals surface area contributed by atoms with Gasteiger partial charge in [-0.2, -0.15) is 0 Å². The van der Waals surface area contributed by atoms with Crippen LogP contribution < -0.4 is 5.56 Å². The minimum atomic E-state index is -0.338. The number of ether oxygens (including phenoxy) is 1. The van der Waals surface area contributed by atoms with Gasteiger partial charge in [-0.25, -0.2) is 4.98 Å². The smallest absolute Gasteiger partial charge is 0.316 e. The maximum atomic E-state index is 13.4. The molecule has 0 amide bonds. The molecule has 0 fully saturated rings. The second kappa shape index (κ2) is 7.25. The molecule has 0 N–H and O–H groups in total. The SMILES string of the molecule is COC(=O)CSc1nc2sc3c(c2c(=O)n1-c1ccccc1)CCCC3. The number of aryl methyl sites for hydroxylation is 2. The van der Waals surface area contributed by atoms with Gasteiger partial charge in [-0.15, -0.1) is 11.3 Å². The third-order valence-corrected chi connectivity index (χ3v) is 6.62. The van der Waals surface area contributed by atoms with Crippen LogP contribution in [0.2, 0.25) is 0 Å². The molecule has 26 heavy (non-hydrogen) atoms. The van der Waals surface area contributed by atoms with Gasteiger partial charge in [0.25, 0.3) is 5.56 Å². The van der Waals surface area contributed by atoms with Crippen LogP contribution in [0.1, 0.15) is 23.3 Å². The van der Waals surface area contributed by atoms with E-state index in [2.05, 4.69) is 0 Å². The van der Waals surface area contributed by atoms with Crippen LogP contribution in [0, 0.1) is 0 Å². The zero-order valence-electron chi connectivity index (χ0n) is 14.4. The quantitative estimate of drug-likeness (QED) is 0.390. The summed E-state index contributed by atoms with van der Waals surface area (Å²) < 4.78 is 6.35. The summed E-state index contributed by atoms with van der Waals surface area (Å²) in [6, 6.07) is 9.47. The highest BCUT2D eigenvalue weighted by atomic mass is 32.2. The molecule has 3 aromatic rings. The lowest BCUT2D eigenvalue weighted by Gasteiger charge is -2.13. The Hall–Kier alpha value is -2.12. The van der Waals surface area contributed by atoms with Gasteiger partial charge in [0.1, 0.15) is 4.83 Å². The monoisotopic (exact) mass is 386 g/mol. The van der Waals surface area contributed by atoms with Crippen LogP contribution in [0.25, 0.3) is 15.9 Å². The summed E-state index contributed by atoms with van der Waals surface area (Å²) in [6.07, 6.45) is 4.24. The van der Waals surface area contributed by atoms with Gasteiger partial charge in [0.15, 0.2) is 5.16 Å². The van der Waals surface area contributed by atoms with E-state index in [1.165, 1.54) is 29.3 Å². The molecular weight excluding hydrogens is 368 g/mol. The van der Waals surface area contributed by atoms with Crippen LogP contribution in [0.4, 0.5) is 0 Å². The van der Waals surface area contributed by atoms with E-state index in [1.807, 2.05) is 30.3 Å². The average Bonchev–Trinajstić information content (AvgIpc) is 3.05. The van der Waals surface area contributed by atoms with Gasteiger partial charge in [0.2, 0.25) is 0 Å². The van der Waals surface area contributed by atoms with Gasteiger partial charge in [-0.3, -0.25) is 14.2 Å². The lowest BCUT2D eigenvalue weighted by molar-refractivity contribution is -0.137. The van der Waals surface area contributed by atoms with E-state index < -0.39 is 0 Å². The second-order valence-corrected chi connectivity index (χ2v) is 8.15. The lowest BCUT2D eigenvalue weighted by atomic mass is 9.97. The van der Waals surface area contributed by atoms with E-state index in [-0.39, 0.29) is 17.3 Å². The van der Waals surface area contributed by atoms with Crippen molar-refractivity contribution in [1.82, 2.24) is 9.55 Å². The standard InChI is InChI=1S/C19H18N2O3S2/c1-24-15(22)11-25-19-20-17-16(13-9-5-6-10-14(13)26-17)18(23)21(19)12-7-3-2-4-8-12/h2-4,7-8H,5-6,9-11H2,1H3. The van der Waals surface area contributed by atoms with Crippen LogP contribution in [0.15, 0.2) is 40.3 Å². The first-order chi connectivity index (χ1) is 12.7. The van der Waals surface area contributed by atoms with Crippen LogP contribution in [-0.2, 0) is 22.4 Å². The van der Waals surface area contributed by atoms with E-state index in [4.69, 9.17) is 9.72 Å². The fraction of sp³-hybridized carbons (Fsp3) is 0.316. The summed E-state index contributed by atoms with van der Waals surface area (Å²) in [6.45, 7) is 0. The molecule has 0 spiro atoms. The Morgan fingerprint density at radius 1 is 1.27 bits per heavy atom. The number of hydrogen-bond acceptors (Lipinski definition) is 6. The fourth-order valence-electron chi connectivity index (χ4n) is 3.27. The number of fused-ring (bicyclic) bond motifs is 3. The summed E-state index contributed by atoms with van der Waals surface area (Å²) in [5.41, 5.74) is 1.88. The zero-order valence-corrected chi connectivity index (χ0v) is 16.0. The number of nitrogens with zero attached hydrogens (tertiary/aromatic N) is 2. The van der Waals surface area contributed by atoms with Crippen molar-refractivity contribution in [2.24, 2.45) is 0 Å². The molecule has 1 aliphatic carbocycles.